The van der Waals surface area contributed by atoms with E-state index in [0.29, 0.717) is 5.70 Å². The second kappa shape index (κ2) is 5.17. The SMILES string of the molecule is C=C(CCC)N=C(N)N=C(N)N. The summed E-state index contributed by atoms with van der Waals surface area (Å²) in [6, 6.07) is 0. The van der Waals surface area contributed by atoms with Gasteiger partial charge in [-0.1, -0.05) is 19.9 Å². The molecule has 0 aromatic rings. The zero-order valence-corrected chi connectivity index (χ0v) is 7.25. The summed E-state index contributed by atoms with van der Waals surface area (Å²) in [6.07, 6.45) is 1.76. The van der Waals surface area contributed by atoms with Crippen LogP contribution in [0.2, 0.25) is 0 Å². The van der Waals surface area contributed by atoms with Crippen molar-refractivity contribution in [2.75, 3.05) is 0 Å². The van der Waals surface area contributed by atoms with Gasteiger partial charge in [-0.05, 0) is 6.42 Å². The maximum Gasteiger partial charge on any atom is 0.223 e. The quantitative estimate of drug-likeness (QED) is 0.405. The summed E-state index contributed by atoms with van der Waals surface area (Å²) in [6.45, 7) is 5.70. The van der Waals surface area contributed by atoms with Crippen LogP contribution in [-0.4, -0.2) is 11.9 Å². The Labute approximate surface area is 72.0 Å². The number of aliphatic imine (C=N–C) groups is 2. The van der Waals surface area contributed by atoms with Crippen LogP contribution >= 0.6 is 0 Å². The molecule has 0 saturated carbocycles. The highest BCUT2D eigenvalue weighted by Crippen LogP contribution is 2.02. The molecule has 5 nitrogen and oxygen atoms in total. The second-order valence-electron chi connectivity index (χ2n) is 2.32. The van der Waals surface area contributed by atoms with E-state index in [9.17, 15) is 0 Å². The molecule has 0 aromatic heterocycles. The Morgan fingerprint density at radius 3 is 2.25 bits per heavy atom. The summed E-state index contributed by atoms with van der Waals surface area (Å²) < 4.78 is 0. The molecule has 0 aromatic carbocycles. The molecule has 0 aliphatic carbocycles. The fraction of sp³-hybridized carbons (Fsp3) is 0.429. The Morgan fingerprint density at radius 1 is 1.25 bits per heavy atom. The normalized spacial score (nSPS) is 10.9. The third-order valence-electron chi connectivity index (χ3n) is 1.05. The zero-order valence-electron chi connectivity index (χ0n) is 7.25. The largest absolute Gasteiger partial charge is 0.370 e. The van der Waals surface area contributed by atoms with Gasteiger partial charge in [0.15, 0.2) is 5.96 Å². The first-order valence-corrected chi connectivity index (χ1v) is 3.67. The van der Waals surface area contributed by atoms with Crippen molar-refractivity contribution < 1.29 is 0 Å². The van der Waals surface area contributed by atoms with Crippen molar-refractivity contribution in [3.05, 3.63) is 12.3 Å². The average molecular weight is 169 g/mol. The minimum absolute atomic E-state index is 0.0495. The zero-order chi connectivity index (χ0) is 9.56. The van der Waals surface area contributed by atoms with E-state index in [4.69, 9.17) is 17.2 Å². The van der Waals surface area contributed by atoms with Crippen molar-refractivity contribution in [3.8, 4) is 0 Å². The standard InChI is InChI=1S/C7H15N5/c1-3-4-5(2)11-7(10)12-6(8)9/h2-4H2,1H3,(H6,8,9,10,11,12). The van der Waals surface area contributed by atoms with Crippen LogP contribution < -0.4 is 17.2 Å². The molecule has 0 atom stereocenters. The van der Waals surface area contributed by atoms with E-state index in [-0.39, 0.29) is 11.9 Å². The summed E-state index contributed by atoms with van der Waals surface area (Å²) in [5.41, 5.74) is 16.2. The molecule has 0 spiro atoms. The number of hydrogen-bond donors (Lipinski definition) is 3. The Balaban J connectivity index is 4.16. The van der Waals surface area contributed by atoms with Gasteiger partial charge in [-0.2, -0.15) is 4.99 Å². The summed E-state index contributed by atoms with van der Waals surface area (Å²) >= 11 is 0. The topological polar surface area (TPSA) is 103 Å². The monoisotopic (exact) mass is 169 g/mol. The Bertz CT molecular complexity index is 212. The van der Waals surface area contributed by atoms with Gasteiger partial charge >= 0.3 is 0 Å². The number of guanidine groups is 2. The van der Waals surface area contributed by atoms with Gasteiger partial charge in [-0.3, -0.25) is 0 Å². The molecular formula is C7H15N5. The van der Waals surface area contributed by atoms with Crippen molar-refractivity contribution in [2.45, 2.75) is 19.8 Å². The Hall–Kier alpha value is -1.52. The van der Waals surface area contributed by atoms with Crippen LogP contribution in [0.15, 0.2) is 22.3 Å². The van der Waals surface area contributed by atoms with E-state index >= 15 is 0 Å². The van der Waals surface area contributed by atoms with Crippen molar-refractivity contribution in [3.63, 3.8) is 0 Å². The fourth-order valence-electron chi connectivity index (χ4n) is 0.664. The lowest BCUT2D eigenvalue weighted by Crippen LogP contribution is -2.26. The van der Waals surface area contributed by atoms with Crippen molar-refractivity contribution in [1.29, 1.82) is 0 Å². The number of nitrogens with zero attached hydrogens (tertiary/aromatic N) is 2. The number of nitrogens with two attached hydrogens (primary N) is 3. The molecule has 0 bridgehead atoms. The van der Waals surface area contributed by atoms with Crippen molar-refractivity contribution >= 4 is 11.9 Å². The summed E-state index contributed by atoms with van der Waals surface area (Å²) in [5.74, 6) is -0.0472. The first-order valence-electron chi connectivity index (χ1n) is 3.67. The van der Waals surface area contributed by atoms with Gasteiger partial charge in [0.2, 0.25) is 5.96 Å². The molecule has 0 radical (unpaired) electrons. The minimum Gasteiger partial charge on any atom is -0.370 e. The summed E-state index contributed by atoms with van der Waals surface area (Å²) in [4.78, 5) is 7.40. The third kappa shape index (κ3) is 5.28. The molecule has 68 valence electrons. The molecule has 12 heavy (non-hydrogen) atoms. The van der Waals surface area contributed by atoms with E-state index in [2.05, 4.69) is 16.6 Å². The van der Waals surface area contributed by atoms with Crippen molar-refractivity contribution in [2.24, 2.45) is 27.2 Å². The molecule has 6 N–H and O–H groups in total. The van der Waals surface area contributed by atoms with Crippen LogP contribution in [0.25, 0.3) is 0 Å². The molecule has 0 amide bonds. The van der Waals surface area contributed by atoms with Crippen LogP contribution in [0.4, 0.5) is 0 Å². The lowest BCUT2D eigenvalue weighted by Gasteiger charge is -1.96. The van der Waals surface area contributed by atoms with Crippen LogP contribution in [-0.2, 0) is 0 Å². The lowest BCUT2D eigenvalue weighted by atomic mass is 10.3. The molecule has 0 rings (SSSR count). The first kappa shape index (κ1) is 10.5. The number of hydrogen-bond acceptors (Lipinski definition) is 1. The highest BCUT2D eigenvalue weighted by atomic mass is 15.1. The molecule has 0 saturated heterocycles. The van der Waals surface area contributed by atoms with E-state index in [0.717, 1.165) is 12.8 Å². The first-order chi connectivity index (χ1) is 5.56. The lowest BCUT2D eigenvalue weighted by molar-refractivity contribution is 0.896. The molecular weight excluding hydrogens is 154 g/mol. The predicted octanol–water partition coefficient (Wildman–Crippen LogP) is -0.112. The summed E-state index contributed by atoms with van der Waals surface area (Å²) in [5, 5.41) is 0. The maximum absolute atomic E-state index is 5.35. The highest BCUT2D eigenvalue weighted by Gasteiger charge is 1.91. The van der Waals surface area contributed by atoms with E-state index in [1.165, 1.54) is 0 Å². The van der Waals surface area contributed by atoms with Gasteiger partial charge in [-0.15, -0.1) is 0 Å². The van der Waals surface area contributed by atoms with Gasteiger partial charge in [0.1, 0.15) is 0 Å². The van der Waals surface area contributed by atoms with Gasteiger partial charge in [0, 0.05) is 5.70 Å². The third-order valence-corrected chi connectivity index (χ3v) is 1.05. The number of allylic oxidation sites excluding steroid dienone is 1. The molecule has 0 heterocycles. The maximum atomic E-state index is 5.35. The Morgan fingerprint density at radius 2 is 1.83 bits per heavy atom. The predicted molar refractivity (Wildman–Crippen MR) is 51.5 cm³/mol. The molecule has 5 heteroatoms. The second-order valence-corrected chi connectivity index (χ2v) is 2.32. The molecule has 0 aliphatic heterocycles. The molecule has 0 unspecified atom stereocenters. The molecule has 0 fully saturated rings. The van der Waals surface area contributed by atoms with Crippen LogP contribution in [0.5, 0.6) is 0 Å². The highest BCUT2D eigenvalue weighted by molar-refractivity contribution is 5.92. The van der Waals surface area contributed by atoms with Gasteiger partial charge in [0.05, 0.1) is 0 Å². The summed E-state index contributed by atoms with van der Waals surface area (Å²) in [7, 11) is 0. The van der Waals surface area contributed by atoms with E-state index in [1.54, 1.807) is 0 Å². The van der Waals surface area contributed by atoms with Crippen LogP contribution in [0.3, 0.4) is 0 Å². The molecule has 0 aliphatic rings. The van der Waals surface area contributed by atoms with E-state index < -0.39 is 0 Å². The van der Waals surface area contributed by atoms with Crippen molar-refractivity contribution in [1.82, 2.24) is 0 Å². The van der Waals surface area contributed by atoms with Gasteiger partial charge < -0.3 is 17.2 Å². The van der Waals surface area contributed by atoms with E-state index in [1.807, 2.05) is 6.92 Å². The number of rotatable bonds is 3. The average Bonchev–Trinajstić information content (AvgIpc) is 1.84. The fourth-order valence-corrected chi connectivity index (χ4v) is 0.664. The minimum atomic E-state index is -0.0967. The van der Waals surface area contributed by atoms with Gasteiger partial charge in [0.25, 0.3) is 0 Å². The smallest absolute Gasteiger partial charge is 0.223 e. The Kier molecular flexibility index (Phi) is 4.52. The van der Waals surface area contributed by atoms with Crippen LogP contribution in [0, 0.1) is 0 Å². The van der Waals surface area contributed by atoms with Crippen LogP contribution in [0.1, 0.15) is 19.8 Å². The van der Waals surface area contributed by atoms with Gasteiger partial charge in [-0.25, -0.2) is 4.99 Å².